The molecule has 3 saturated heterocycles. The lowest BCUT2D eigenvalue weighted by atomic mass is 9.92. The Labute approximate surface area is 143 Å². The van der Waals surface area contributed by atoms with Crippen LogP contribution in [0.5, 0.6) is 0 Å². The molecule has 3 fully saturated rings. The normalized spacial score (nSPS) is 27.7. The Balaban J connectivity index is 1.29. The Kier molecular flexibility index (Phi) is 6.36. The first-order valence-corrected chi connectivity index (χ1v) is 10.00. The number of nitrogens with zero attached hydrogens (tertiary/aromatic N) is 3. The van der Waals surface area contributed by atoms with Gasteiger partial charge in [0.15, 0.2) is 0 Å². The topological polar surface area (TPSA) is 21.8 Å². The van der Waals surface area contributed by atoms with E-state index in [2.05, 4.69) is 40.9 Å². The van der Waals surface area contributed by atoms with Gasteiger partial charge < -0.3 is 20.0 Å². The van der Waals surface area contributed by atoms with Gasteiger partial charge in [0.1, 0.15) is 0 Å². The van der Waals surface area contributed by atoms with E-state index in [1.165, 1.54) is 78.0 Å². The fourth-order valence-corrected chi connectivity index (χ4v) is 4.63. The second-order valence-electron chi connectivity index (χ2n) is 8.52. The van der Waals surface area contributed by atoms with Crippen LogP contribution in [0.15, 0.2) is 0 Å². The van der Waals surface area contributed by atoms with Crippen molar-refractivity contribution in [3.8, 4) is 0 Å². The van der Waals surface area contributed by atoms with Gasteiger partial charge in [-0.2, -0.15) is 0 Å². The van der Waals surface area contributed by atoms with Crippen LogP contribution < -0.4 is 5.32 Å². The molecule has 0 aromatic carbocycles. The number of nitrogens with one attached hydrogen (secondary N) is 1. The van der Waals surface area contributed by atoms with Gasteiger partial charge in [0, 0.05) is 38.3 Å². The van der Waals surface area contributed by atoms with Crippen molar-refractivity contribution in [1.29, 1.82) is 0 Å². The first-order chi connectivity index (χ1) is 11.1. The molecule has 3 heterocycles. The summed E-state index contributed by atoms with van der Waals surface area (Å²) in [6.07, 6.45) is 5.52. The molecule has 23 heavy (non-hydrogen) atoms. The molecule has 134 valence electrons. The van der Waals surface area contributed by atoms with Gasteiger partial charge in [0.05, 0.1) is 0 Å². The largest absolute Gasteiger partial charge is 0.317 e. The number of likely N-dealkylation sites (tertiary alicyclic amines) is 3. The van der Waals surface area contributed by atoms with Crippen LogP contribution in [0.1, 0.15) is 39.5 Å². The highest BCUT2D eigenvalue weighted by atomic mass is 15.2. The molecule has 0 spiro atoms. The third-order valence-electron chi connectivity index (χ3n) is 6.45. The summed E-state index contributed by atoms with van der Waals surface area (Å²) in [5.41, 5.74) is 0. The fraction of sp³-hybridized carbons (Fsp3) is 1.00. The average Bonchev–Trinajstić information content (AvgIpc) is 2.52. The zero-order valence-electron chi connectivity index (χ0n) is 15.6. The van der Waals surface area contributed by atoms with Crippen molar-refractivity contribution in [2.24, 2.45) is 11.8 Å². The van der Waals surface area contributed by atoms with Crippen LogP contribution in [0.25, 0.3) is 0 Å². The summed E-state index contributed by atoms with van der Waals surface area (Å²) in [6.45, 7) is 15.3. The molecule has 3 aliphatic rings. The molecule has 4 heteroatoms. The maximum atomic E-state index is 3.44. The molecule has 3 rings (SSSR count). The van der Waals surface area contributed by atoms with E-state index in [9.17, 15) is 0 Å². The zero-order chi connectivity index (χ0) is 16.2. The third kappa shape index (κ3) is 4.91. The molecule has 0 aromatic heterocycles. The Bertz CT molecular complexity index is 337. The SMILES string of the molecule is CNC1CCN(CC2CCN(CC3CN(C(C)C)C3)CC2)CC1. The molecule has 0 radical (unpaired) electrons. The molecule has 0 saturated carbocycles. The minimum Gasteiger partial charge on any atom is -0.317 e. The van der Waals surface area contributed by atoms with E-state index in [1.54, 1.807) is 0 Å². The third-order valence-corrected chi connectivity index (χ3v) is 6.45. The minimum atomic E-state index is 0.740. The van der Waals surface area contributed by atoms with Gasteiger partial charge in [-0.15, -0.1) is 0 Å². The van der Waals surface area contributed by atoms with Crippen LogP contribution in [0.4, 0.5) is 0 Å². The van der Waals surface area contributed by atoms with Gasteiger partial charge in [-0.25, -0.2) is 0 Å². The Hall–Kier alpha value is -0.160. The molecular weight excluding hydrogens is 284 g/mol. The van der Waals surface area contributed by atoms with E-state index in [0.717, 1.165) is 23.9 Å². The maximum absolute atomic E-state index is 3.44. The van der Waals surface area contributed by atoms with Crippen LogP contribution in [-0.4, -0.2) is 86.2 Å². The predicted molar refractivity (Wildman–Crippen MR) is 97.9 cm³/mol. The lowest BCUT2D eigenvalue weighted by molar-refractivity contribution is 0.0310. The average molecular weight is 323 g/mol. The van der Waals surface area contributed by atoms with Crippen molar-refractivity contribution < 1.29 is 0 Å². The van der Waals surface area contributed by atoms with Crippen LogP contribution >= 0.6 is 0 Å². The molecule has 1 N–H and O–H groups in total. The van der Waals surface area contributed by atoms with Crippen LogP contribution in [-0.2, 0) is 0 Å². The van der Waals surface area contributed by atoms with E-state index in [0.29, 0.717) is 0 Å². The van der Waals surface area contributed by atoms with Crippen molar-refractivity contribution >= 4 is 0 Å². The van der Waals surface area contributed by atoms with Gasteiger partial charge in [-0.1, -0.05) is 0 Å². The lowest BCUT2D eigenvalue weighted by Crippen LogP contribution is -2.54. The first-order valence-electron chi connectivity index (χ1n) is 10.00. The summed E-state index contributed by atoms with van der Waals surface area (Å²) >= 11 is 0. The molecular formula is C19H38N4. The highest BCUT2D eigenvalue weighted by Gasteiger charge is 2.31. The number of hydrogen-bond acceptors (Lipinski definition) is 4. The van der Waals surface area contributed by atoms with Gasteiger partial charge in [-0.05, 0) is 84.6 Å². The van der Waals surface area contributed by atoms with Crippen LogP contribution in [0.3, 0.4) is 0 Å². The van der Waals surface area contributed by atoms with E-state index in [4.69, 9.17) is 0 Å². The maximum Gasteiger partial charge on any atom is 0.00884 e. The Morgan fingerprint density at radius 1 is 0.826 bits per heavy atom. The summed E-state index contributed by atoms with van der Waals surface area (Å²) in [5, 5.41) is 3.44. The van der Waals surface area contributed by atoms with Crippen molar-refractivity contribution in [3.05, 3.63) is 0 Å². The summed E-state index contributed by atoms with van der Waals surface area (Å²) in [6, 6.07) is 1.50. The summed E-state index contributed by atoms with van der Waals surface area (Å²) in [4.78, 5) is 8.07. The Morgan fingerprint density at radius 3 is 1.87 bits per heavy atom. The van der Waals surface area contributed by atoms with E-state index in [-0.39, 0.29) is 0 Å². The van der Waals surface area contributed by atoms with Gasteiger partial charge in [-0.3, -0.25) is 0 Å². The van der Waals surface area contributed by atoms with Gasteiger partial charge in [0.2, 0.25) is 0 Å². The molecule has 0 atom stereocenters. The van der Waals surface area contributed by atoms with E-state index < -0.39 is 0 Å². The molecule has 0 amide bonds. The molecule has 3 aliphatic heterocycles. The minimum absolute atomic E-state index is 0.740. The second kappa shape index (κ2) is 8.28. The number of piperidine rings is 2. The van der Waals surface area contributed by atoms with E-state index >= 15 is 0 Å². The van der Waals surface area contributed by atoms with Crippen LogP contribution in [0.2, 0.25) is 0 Å². The number of hydrogen-bond donors (Lipinski definition) is 1. The number of rotatable bonds is 6. The molecule has 0 bridgehead atoms. The van der Waals surface area contributed by atoms with Crippen LogP contribution in [0, 0.1) is 11.8 Å². The zero-order valence-corrected chi connectivity index (χ0v) is 15.6. The molecule has 0 unspecified atom stereocenters. The Morgan fingerprint density at radius 2 is 1.35 bits per heavy atom. The smallest absolute Gasteiger partial charge is 0.00884 e. The van der Waals surface area contributed by atoms with Gasteiger partial charge in [0.25, 0.3) is 0 Å². The summed E-state index contributed by atoms with van der Waals surface area (Å²) in [5.74, 6) is 1.89. The highest BCUT2D eigenvalue weighted by Crippen LogP contribution is 2.24. The first kappa shape index (κ1) is 17.7. The van der Waals surface area contributed by atoms with Crippen molar-refractivity contribution in [2.75, 3.05) is 59.4 Å². The van der Waals surface area contributed by atoms with E-state index in [1.807, 2.05) is 0 Å². The molecule has 0 aliphatic carbocycles. The highest BCUT2D eigenvalue weighted by molar-refractivity contribution is 4.86. The quantitative estimate of drug-likeness (QED) is 0.804. The summed E-state index contributed by atoms with van der Waals surface area (Å²) < 4.78 is 0. The summed E-state index contributed by atoms with van der Waals surface area (Å²) in [7, 11) is 2.11. The standard InChI is InChI=1S/C19H38N4/c1-16(2)23-14-18(15-23)13-21-8-4-17(5-9-21)12-22-10-6-19(20-3)7-11-22/h16-20H,4-15H2,1-3H3. The van der Waals surface area contributed by atoms with Crippen molar-refractivity contribution in [2.45, 2.75) is 51.6 Å². The predicted octanol–water partition coefficient (Wildman–Crippen LogP) is 1.72. The van der Waals surface area contributed by atoms with Crippen molar-refractivity contribution in [1.82, 2.24) is 20.0 Å². The molecule has 4 nitrogen and oxygen atoms in total. The van der Waals surface area contributed by atoms with Crippen molar-refractivity contribution in [3.63, 3.8) is 0 Å². The second-order valence-corrected chi connectivity index (χ2v) is 8.52. The molecule has 0 aromatic rings. The van der Waals surface area contributed by atoms with Gasteiger partial charge >= 0.3 is 0 Å². The fourth-order valence-electron chi connectivity index (χ4n) is 4.63. The monoisotopic (exact) mass is 322 g/mol. The lowest BCUT2D eigenvalue weighted by Gasteiger charge is -2.45.